The van der Waals surface area contributed by atoms with Gasteiger partial charge in [-0.15, -0.1) is 0 Å². The van der Waals surface area contributed by atoms with Gasteiger partial charge in [-0.3, -0.25) is 0 Å². The lowest BCUT2D eigenvalue weighted by Gasteiger charge is -2.42. The maximum Gasteiger partial charge on any atom is 0.410 e. The Bertz CT molecular complexity index is 721. The minimum Gasteiger partial charge on any atom is -0.445 e. The van der Waals surface area contributed by atoms with Gasteiger partial charge in [-0.2, -0.15) is 13.2 Å². The van der Waals surface area contributed by atoms with Gasteiger partial charge in [0.1, 0.15) is 23.6 Å². The van der Waals surface area contributed by atoms with Gasteiger partial charge in [-0.05, 0) is 32.8 Å². The maximum atomic E-state index is 13.7. The zero-order valence-electron chi connectivity index (χ0n) is 15.4. The van der Waals surface area contributed by atoms with Crippen LogP contribution in [0.15, 0.2) is 30.3 Å². The molecule has 3 rings (SSSR count). The highest BCUT2D eigenvalue weighted by molar-refractivity contribution is 7.84. The molecule has 2 bridgehead atoms. The van der Waals surface area contributed by atoms with Crippen LogP contribution in [0.3, 0.4) is 0 Å². The van der Waals surface area contributed by atoms with Crippen molar-refractivity contribution in [2.45, 2.75) is 62.8 Å². The zero-order chi connectivity index (χ0) is 20.0. The second kappa shape index (κ2) is 7.09. The number of hydrogen-bond acceptors (Lipinski definition) is 3. The Hall–Kier alpha value is -1.61. The second-order valence-electron chi connectivity index (χ2n) is 7.86. The number of ether oxygens (including phenoxy) is 1. The van der Waals surface area contributed by atoms with Gasteiger partial charge in [0.05, 0.1) is 10.8 Å². The molecular weight excluding hydrogens is 381 g/mol. The van der Waals surface area contributed by atoms with Crippen LogP contribution in [0, 0.1) is 0 Å². The molecule has 0 N–H and O–H groups in total. The molecule has 1 aromatic rings. The first-order valence-electron chi connectivity index (χ1n) is 8.74. The Balaban J connectivity index is 1.75. The molecule has 0 aliphatic carbocycles. The molecule has 0 radical (unpaired) electrons. The highest BCUT2D eigenvalue weighted by atomic mass is 32.2. The Morgan fingerprint density at radius 2 is 1.85 bits per heavy atom. The molecular formula is C18H23F3N2O3S. The summed E-state index contributed by atoms with van der Waals surface area (Å²) in [6.07, 6.45) is -5.20. The van der Waals surface area contributed by atoms with E-state index in [9.17, 15) is 22.2 Å². The summed E-state index contributed by atoms with van der Waals surface area (Å²) < 4.78 is 59.4. The molecule has 2 saturated heterocycles. The number of likely N-dealkylation sites (tertiary alicyclic amines) is 1. The van der Waals surface area contributed by atoms with E-state index in [-0.39, 0.29) is 19.6 Å². The number of fused-ring (bicyclic) bond motifs is 2. The molecule has 1 amide bonds. The third kappa shape index (κ3) is 3.99. The van der Waals surface area contributed by atoms with Crippen LogP contribution < -0.4 is 0 Å². The molecule has 0 saturated carbocycles. The van der Waals surface area contributed by atoms with Crippen molar-refractivity contribution in [3.8, 4) is 0 Å². The number of rotatable bonds is 3. The highest BCUT2D eigenvalue weighted by Crippen LogP contribution is 2.45. The summed E-state index contributed by atoms with van der Waals surface area (Å²) in [6, 6.07) is 5.34. The first-order chi connectivity index (χ1) is 12.5. The summed E-state index contributed by atoms with van der Waals surface area (Å²) >= 11 is 0. The molecule has 9 heteroatoms. The predicted molar refractivity (Wildman–Crippen MR) is 95.1 cm³/mol. The van der Waals surface area contributed by atoms with Crippen molar-refractivity contribution in [3.63, 3.8) is 0 Å². The van der Waals surface area contributed by atoms with E-state index >= 15 is 0 Å². The average molecular weight is 404 g/mol. The van der Waals surface area contributed by atoms with E-state index in [4.69, 9.17) is 4.74 Å². The summed E-state index contributed by atoms with van der Waals surface area (Å²) in [4.78, 5) is 13.5. The van der Waals surface area contributed by atoms with Crippen LogP contribution in [0.5, 0.6) is 0 Å². The van der Waals surface area contributed by atoms with E-state index in [0.29, 0.717) is 0 Å². The van der Waals surface area contributed by atoms with Gasteiger partial charge in [0.15, 0.2) is 0 Å². The number of amides is 1. The number of carbonyl (C=O) groups is 1. The van der Waals surface area contributed by atoms with Crippen molar-refractivity contribution in [3.05, 3.63) is 35.9 Å². The number of nitrogens with zero attached hydrogens (tertiary/aromatic N) is 2. The van der Waals surface area contributed by atoms with Gasteiger partial charge in [0.2, 0.25) is 0 Å². The molecule has 27 heavy (non-hydrogen) atoms. The summed E-state index contributed by atoms with van der Waals surface area (Å²) in [6.45, 7) is 5.03. The van der Waals surface area contributed by atoms with Crippen molar-refractivity contribution >= 4 is 17.1 Å². The van der Waals surface area contributed by atoms with Gasteiger partial charge in [0, 0.05) is 12.6 Å². The second-order valence-corrected chi connectivity index (χ2v) is 10.0. The van der Waals surface area contributed by atoms with Crippen LogP contribution in [-0.4, -0.2) is 55.1 Å². The summed E-state index contributed by atoms with van der Waals surface area (Å²) in [7, 11) is -1.82. The molecule has 2 heterocycles. The normalized spacial score (nSPS) is 27.0. The van der Waals surface area contributed by atoms with Crippen molar-refractivity contribution in [1.82, 2.24) is 9.21 Å². The minimum absolute atomic E-state index is 0.00187. The molecule has 150 valence electrons. The summed E-state index contributed by atoms with van der Waals surface area (Å²) in [5, 5.41) is 0. The lowest BCUT2D eigenvalue weighted by molar-refractivity contribution is -0.182. The number of piperazine rings is 1. The largest absolute Gasteiger partial charge is 0.445 e. The topological polar surface area (TPSA) is 49.9 Å². The minimum atomic E-state index is -4.58. The van der Waals surface area contributed by atoms with Crippen LogP contribution in [0.1, 0.15) is 32.8 Å². The number of carbonyl (C=O) groups excluding carboxylic acids is 1. The number of hydrogen-bond donors (Lipinski definition) is 0. The number of alkyl halides is 3. The van der Waals surface area contributed by atoms with E-state index < -0.39 is 46.1 Å². The summed E-state index contributed by atoms with van der Waals surface area (Å²) in [5.74, 6) is 0. The first kappa shape index (κ1) is 20.1. The Labute approximate surface area is 159 Å². The van der Waals surface area contributed by atoms with Gasteiger partial charge in [-0.25, -0.2) is 13.3 Å². The Morgan fingerprint density at radius 3 is 2.41 bits per heavy atom. The molecule has 2 aliphatic rings. The van der Waals surface area contributed by atoms with E-state index in [2.05, 4.69) is 0 Å². The molecule has 0 spiro atoms. The third-order valence-electron chi connectivity index (χ3n) is 4.81. The van der Waals surface area contributed by atoms with E-state index in [1.54, 1.807) is 45.0 Å². The van der Waals surface area contributed by atoms with E-state index in [1.165, 1.54) is 0 Å². The highest BCUT2D eigenvalue weighted by Gasteiger charge is 2.64. The van der Waals surface area contributed by atoms with Gasteiger partial charge in [-0.1, -0.05) is 30.3 Å². The Kier molecular flexibility index (Phi) is 5.28. The molecule has 5 nitrogen and oxygen atoms in total. The molecule has 2 aliphatic heterocycles. The average Bonchev–Trinajstić information content (AvgIpc) is 3.17. The van der Waals surface area contributed by atoms with Crippen molar-refractivity contribution in [2.24, 2.45) is 0 Å². The predicted octanol–water partition coefficient (Wildman–Crippen LogP) is 3.47. The Morgan fingerprint density at radius 1 is 1.22 bits per heavy atom. The third-order valence-corrected chi connectivity index (χ3v) is 6.77. The molecule has 2 unspecified atom stereocenters. The molecule has 1 aromatic carbocycles. The quantitative estimate of drug-likeness (QED) is 0.775. The monoisotopic (exact) mass is 404 g/mol. The number of halogens is 3. The number of benzene rings is 1. The van der Waals surface area contributed by atoms with Crippen molar-refractivity contribution < 1.29 is 26.9 Å². The lowest BCUT2D eigenvalue weighted by Crippen LogP contribution is -2.62. The smallest absolute Gasteiger partial charge is 0.410 e. The molecule has 2 fully saturated rings. The maximum absolute atomic E-state index is 13.7. The van der Waals surface area contributed by atoms with Crippen LogP contribution in [0.2, 0.25) is 0 Å². The van der Waals surface area contributed by atoms with Crippen LogP contribution in [-0.2, 0) is 22.3 Å². The fraction of sp³-hybridized carbons (Fsp3) is 0.611. The fourth-order valence-electron chi connectivity index (χ4n) is 3.65. The van der Waals surface area contributed by atoms with Gasteiger partial charge < -0.3 is 9.64 Å². The zero-order valence-corrected chi connectivity index (χ0v) is 16.2. The molecule has 0 aromatic heterocycles. The first-order valence-corrected chi connectivity index (χ1v) is 9.85. The van der Waals surface area contributed by atoms with Crippen molar-refractivity contribution in [2.75, 3.05) is 6.54 Å². The SMILES string of the molecule is CC(C)(C)S(=O)N1C(C(F)(F)F)[C@@H]2C[C@H]1CN2C(=O)OCc1ccccc1. The standard InChI is InChI=1S/C18H23F3N2O3S/c1-17(2,3)27(25)23-13-9-14(15(23)18(19,20)21)22(10-13)16(24)26-11-12-7-5-4-6-8-12/h4-8,13-15H,9-11H2,1-3H3/t13-,14-,15?,27?/m0/s1. The fourth-order valence-corrected chi connectivity index (χ4v) is 5.18. The molecule has 4 atom stereocenters. The van der Waals surface area contributed by atoms with E-state index in [0.717, 1.165) is 14.8 Å². The summed E-state index contributed by atoms with van der Waals surface area (Å²) in [5.41, 5.74) is 0.762. The van der Waals surface area contributed by atoms with Crippen LogP contribution in [0.25, 0.3) is 0 Å². The lowest BCUT2D eigenvalue weighted by atomic mass is 10.1. The van der Waals surface area contributed by atoms with Gasteiger partial charge in [0.25, 0.3) is 0 Å². The van der Waals surface area contributed by atoms with Crippen molar-refractivity contribution in [1.29, 1.82) is 0 Å². The van der Waals surface area contributed by atoms with Crippen LogP contribution >= 0.6 is 0 Å². The van der Waals surface area contributed by atoms with E-state index in [1.807, 2.05) is 6.07 Å². The van der Waals surface area contributed by atoms with Gasteiger partial charge >= 0.3 is 12.3 Å². The van der Waals surface area contributed by atoms with Crippen LogP contribution in [0.4, 0.5) is 18.0 Å².